The van der Waals surface area contributed by atoms with Crippen molar-refractivity contribution < 1.29 is 4.48 Å². The molecule has 0 radical (unpaired) electrons. The first kappa shape index (κ1) is 15.6. The van der Waals surface area contributed by atoms with Gasteiger partial charge in [-0.1, -0.05) is 32.6 Å². The van der Waals surface area contributed by atoms with Gasteiger partial charge >= 0.3 is 0 Å². The van der Waals surface area contributed by atoms with Crippen LogP contribution in [0.1, 0.15) is 45.4 Å². The zero-order valence-electron chi connectivity index (χ0n) is 9.40. The molecular formula is C11H30NSi+. The molecule has 2 heteroatoms. The van der Waals surface area contributed by atoms with Crippen LogP contribution in [0.3, 0.4) is 0 Å². The molecule has 0 N–H and O–H groups in total. The molecule has 0 bridgehead atoms. The average molecular weight is 204 g/mol. The molecule has 0 atom stereocenters. The topological polar surface area (TPSA) is 0 Å². The Labute approximate surface area is 89.1 Å². The molecule has 13 heavy (non-hydrogen) atoms. The van der Waals surface area contributed by atoms with E-state index >= 15 is 0 Å². The number of hydrogen-bond acceptors (Lipinski definition) is 0. The highest BCUT2D eigenvalue weighted by atomic mass is 28.1. The molecule has 0 unspecified atom stereocenters. The zero-order chi connectivity index (χ0) is 9.45. The minimum absolute atomic E-state index is 0. The van der Waals surface area contributed by atoms with Gasteiger partial charge in [0.25, 0.3) is 0 Å². The summed E-state index contributed by atoms with van der Waals surface area (Å²) in [5, 5.41) is 0. The van der Waals surface area contributed by atoms with Crippen molar-refractivity contribution in [3.63, 3.8) is 0 Å². The van der Waals surface area contributed by atoms with Crippen LogP contribution in [0.5, 0.6) is 0 Å². The summed E-state index contributed by atoms with van der Waals surface area (Å²) in [6.45, 7) is 3.60. The molecule has 0 saturated heterocycles. The molecule has 0 fully saturated rings. The molecule has 0 aromatic heterocycles. The van der Waals surface area contributed by atoms with Gasteiger partial charge in [0, 0.05) is 0 Å². The fraction of sp³-hybridized carbons (Fsp3) is 1.00. The van der Waals surface area contributed by atoms with Crippen LogP contribution in [0, 0.1) is 0 Å². The van der Waals surface area contributed by atoms with Crippen molar-refractivity contribution in [2.45, 2.75) is 45.4 Å². The average Bonchev–Trinajstić information content (AvgIpc) is 1.94. The van der Waals surface area contributed by atoms with Crippen LogP contribution < -0.4 is 0 Å². The van der Waals surface area contributed by atoms with Gasteiger partial charge in [-0.05, 0) is 23.8 Å². The molecule has 0 heterocycles. The first-order valence-electron chi connectivity index (χ1n) is 5.36. The van der Waals surface area contributed by atoms with Gasteiger partial charge in [-0.15, -0.1) is 0 Å². The maximum absolute atomic E-state index is 2.27. The molecule has 82 valence electrons. The van der Waals surface area contributed by atoms with Gasteiger partial charge in [-0.25, -0.2) is 0 Å². The van der Waals surface area contributed by atoms with Crippen LogP contribution in [0.4, 0.5) is 0 Å². The normalized spacial score (nSPS) is 11.1. The van der Waals surface area contributed by atoms with Crippen molar-refractivity contribution in [2.24, 2.45) is 0 Å². The Morgan fingerprint density at radius 1 is 0.769 bits per heavy atom. The third kappa shape index (κ3) is 15.0. The van der Waals surface area contributed by atoms with E-state index in [0.717, 1.165) is 4.48 Å². The summed E-state index contributed by atoms with van der Waals surface area (Å²) in [5.74, 6) is 0. The molecule has 1 nitrogen and oxygen atoms in total. The molecule has 0 aliphatic rings. The van der Waals surface area contributed by atoms with Crippen LogP contribution in [0.2, 0.25) is 0 Å². The van der Waals surface area contributed by atoms with Crippen molar-refractivity contribution in [1.82, 2.24) is 0 Å². The Morgan fingerprint density at radius 2 is 1.23 bits per heavy atom. The van der Waals surface area contributed by atoms with Crippen LogP contribution in [-0.2, 0) is 0 Å². The Hall–Kier alpha value is 0.177. The Morgan fingerprint density at radius 3 is 1.69 bits per heavy atom. The van der Waals surface area contributed by atoms with Crippen molar-refractivity contribution >= 4 is 11.0 Å². The summed E-state index contributed by atoms with van der Waals surface area (Å²) in [6.07, 6.45) is 8.48. The first-order valence-corrected chi connectivity index (χ1v) is 5.36. The fourth-order valence-electron chi connectivity index (χ4n) is 1.37. The highest BCUT2D eigenvalue weighted by Gasteiger charge is 2.04. The van der Waals surface area contributed by atoms with E-state index < -0.39 is 0 Å². The zero-order valence-corrected chi connectivity index (χ0v) is 9.40. The summed E-state index contributed by atoms with van der Waals surface area (Å²) < 4.78 is 1.12. The number of hydrogen-bond donors (Lipinski definition) is 0. The van der Waals surface area contributed by atoms with E-state index in [1.165, 1.54) is 45.1 Å². The van der Waals surface area contributed by atoms with E-state index in [4.69, 9.17) is 0 Å². The lowest BCUT2D eigenvalue weighted by molar-refractivity contribution is -0.870. The van der Waals surface area contributed by atoms with Crippen molar-refractivity contribution in [3.05, 3.63) is 0 Å². The third-order valence-corrected chi connectivity index (χ3v) is 2.18. The van der Waals surface area contributed by atoms with Gasteiger partial charge in [-0.2, -0.15) is 0 Å². The molecule has 0 aromatic carbocycles. The molecule has 0 aromatic rings. The summed E-state index contributed by atoms with van der Waals surface area (Å²) in [5.41, 5.74) is 0. The number of unbranched alkanes of at least 4 members (excludes halogenated alkanes) is 5. The summed E-state index contributed by atoms with van der Waals surface area (Å²) >= 11 is 0. The van der Waals surface area contributed by atoms with E-state index in [2.05, 4.69) is 28.1 Å². The largest absolute Gasteiger partial charge is 0.331 e. The standard InChI is InChI=1S/C11H26N.H4Si/c1-5-6-7-8-9-10-11-12(2,3)4;/h5-11H2,1-4H3;1H4/q+1;. The molecule has 0 rings (SSSR count). The van der Waals surface area contributed by atoms with Gasteiger partial charge in [0.1, 0.15) is 0 Å². The van der Waals surface area contributed by atoms with Crippen molar-refractivity contribution in [1.29, 1.82) is 0 Å². The molecule has 0 saturated carbocycles. The second kappa shape index (κ2) is 8.76. The quantitative estimate of drug-likeness (QED) is 0.336. The summed E-state index contributed by atoms with van der Waals surface area (Å²) in [7, 11) is 6.81. The van der Waals surface area contributed by atoms with Gasteiger partial charge < -0.3 is 4.48 Å². The predicted molar refractivity (Wildman–Crippen MR) is 67.6 cm³/mol. The molecule has 0 aliphatic carbocycles. The van der Waals surface area contributed by atoms with E-state index in [1.54, 1.807) is 0 Å². The van der Waals surface area contributed by atoms with E-state index in [-0.39, 0.29) is 11.0 Å². The number of nitrogens with zero attached hydrogens (tertiary/aromatic N) is 1. The third-order valence-electron chi connectivity index (χ3n) is 2.18. The van der Waals surface area contributed by atoms with Crippen molar-refractivity contribution in [3.8, 4) is 0 Å². The maximum atomic E-state index is 2.27. The monoisotopic (exact) mass is 204 g/mol. The SMILES string of the molecule is CCCCCCCC[N+](C)(C)C.[SiH4]. The smallest absolute Gasteiger partial charge is 0.0780 e. The van der Waals surface area contributed by atoms with Crippen LogP contribution in [0.15, 0.2) is 0 Å². The molecule has 0 amide bonds. The molecule has 0 aliphatic heterocycles. The summed E-state index contributed by atoms with van der Waals surface area (Å²) in [6, 6.07) is 0. The van der Waals surface area contributed by atoms with E-state index in [1.807, 2.05) is 0 Å². The maximum Gasteiger partial charge on any atom is 0.0780 e. The van der Waals surface area contributed by atoms with Gasteiger partial charge in [0.2, 0.25) is 0 Å². The summed E-state index contributed by atoms with van der Waals surface area (Å²) in [4.78, 5) is 0. The van der Waals surface area contributed by atoms with Crippen LogP contribution in [-0.4, -0.2) is 43.1 Å². The lowest BCUT2D eigenvalue weighted by atomic mass is 10.1. The fourth-order valence-corrected chi connectivity index (χ4v) is 1.37. The van der Waals surface area contributed by atoms with Crippen LogP contribution >= 0.6 is 0 Å². The highest BCUT2D eigenvalue weighted by Crippen LogP contribution is 2.06. The minimum atomic E-state index is 0. The Kier molecular flexibility index (Phi) is 10.5. The predicted octanol–water partition coefficient (Wildman–Crippen LogP) is 1.60. The van der Waals surface area contributed by atoms with Gasteiger partial charge in [0.15, 0.2) is 0 Å². The molecule has 0 spiro atoms. The second-order valence-electron chi connectivity index (χ2n) is 4.78. The first-order chi connectivity index (χ1) is 5.56. The lowest BCUT2D eigenvalue weighted by Gasteiger charge is -2.23. The number of rotatable bonds is 7. The Balaban J connectivity index is 0. The van der Waals surface area contributed by atoms with E-state index in [9.17, 15) is 0 Å². The van der Waals surface area contributed by atoms with Gasteiger partial charge in [0.05, 0.1) is 27.7 Å². The Bertz CT molecular complexity index is 96.8. The lowest BCUT2D eigenvalue weighted by Crippen LogP contribution is -2.35. The van der Waals surface area contributed by atoms with E-state index in [0.29, 0.717) is 0 Å². The van der Waals surface area contributed by atoms with Crippen molar-refractivity contribution in [2.75, 3.05) is 27.7 Å². The second-order valence-corrected chi connectivity index (χ2v) is 4.78. The molecular weight excluding hydrogens is 174 g/mol. The van der Waals surface area contributed by atoms with Gasteiger partial charge in [-0.3, -0.25) is 0 Å². The number of quaternary nitrogens is 1. The minimum Gasteiger partial charge on any atom is -0.331 e. The van der Waals surface area contributed by atoms with Crippen LogP contribution in [0.25, 0.3) is 0 Å². The highest BCUT2D eigenvalue weighted by molar-refractivity contribution is 5.75.